The molecule has 1 aliphatic rings. The monoisotopic (exact) mass is 303 g/mol. The molecular weight excluding hydrogens is 282 g/mol. The average molecular weight is 303 g/mol. The zero-order valence-corrected chi connectivity index (χ0v) is 13.0. The average Bonchev–Trinajstić information content (AvgIpc) is 3.16. The second-order valence-corrected chi connectivity index (χ2v) is 5.13. The van der Waals surface area contributed by atoms with E-state index in [9.17, 15) is 0 Å². The smallest absolute Gasteiger partial charge is 0.231 e. The number of unbranched alkanes of at least 4 members (excludes halogenated alkanes) is 1. The van der Waals surface area contributed by atoms with E-state index in [2.05, 4.69) is 17.0 Å². The largest absolute Gasteiger partial charge is 0.454 e. The van der Waals surface area contributed by atoms with E-state index in [1.54, 1.807) is 0 Å². The van der Waals surface area contributed by atoms with Gasteiger partial charge < -0.3 is 14.2 Å². The maximum atomic E-state index is 5.45. The normalized spacial score (nSPS) is 12.8. The number of benzene rings is 1. The molecule has 22 heavy (non-hydrogen) atoms. The highest BCUT2D eigenvalue weighted by Gasteiger charge is 2.17. The second-order valence-electron chi connectivity index (χ2n) is 5.13. The number of aromatic nitrogens is 3. The van der Waals surface area contributed by atoms with Crippen LogP contribution in [0, 0.1) is 0 Å². The predicted molar refractivity (Wildman–Crippen MR) is 81.8 cm³/mol. The van der Waals surface area contributed by atoms with Crippen LogP contribution in [0.3, 0.4) is 0 Å². The van der Waals surface area contributed by atoms with Gasteiger partial charge in [0, 0.05) is 18.7 Å². The third-order valence-electron chi connectivity index (χ3n) is 3.51. The lowest BCUT2D eigenvalue weighted by atomic mass is 10.2. The van der Waals surface area contributed by atoms with E-state index in [0.717, 1.165) is 42.3 Å². The lowest BCUT2D eigenvalue weighted by Crippen LogP contribution is -2.03. The molecule has 2 heterocycles. The molecule has 1 aliphatic heterocycles. The van der Waals surface area contributed by atoms with Crippen molar-refractivity contribution in [2.24, 2.45) is 0 Å². The summed E-state index contributed by atoms with van der Waals surface area (Å²) in [6.45, 7) is 6.34. The zero-order chi connectivity index (χ0) is 15.4. The zero-order valence-electron chi connectivity index (χ0n) is 13.0. The Balaban J connectivity index is 1.91. The molecule has 118 valence electrons. The minimum absolute atomic E-state index is 0.275. The third kappa shape index (κ3) is 3.06. The highest BCUT2D eigenvalue weighted by molar-refractivity contribution is 5.61. The van der Waals surface area contributed by atoms with Gasteiger partial charge in [-0.05, 0) is 31.5 Å². The molecule has 0 atom stereocenters. The van der Waals surface area contributed by atoms with Gasteiger partial charge in [0.1, 0.15) is 6.61 Å². The van der Waals surface area contributed by atoms with Crippen LogP contribution >= 0.6 is 0 Å². The van der Waals surface area contributed by atoms with E-state index in [4.69, 9.17) is 14.2 Å². The van der Waals surface area contributed by atoms with E-state index in [-0.39, 0.29) is 6.79 Å². The number of hydrogen-bond acceptors (Lipinski definition) is 5. The third-order valence-corrected chi connectivity index (χ3v) is 3.51. The van der Waals surface area contributed by atoms with Crippen molar-refractivity contribution in [3.8, 4) is 22.9 Å². The van der Waals surface area contributed by atoms with Crippen molar-refractivity contribution in [2.75, 3.05) is 13.4 Å². The van der Waals surface area contributed by atoms with Gasteiger partial charge in [-0.25, -0.2) is 9.67 Å². The van der Waals surface area contributed by atoms with Gasteiger partial charge in [0.15, 0.2) is 23.1 Å². The molecule has 0 radical (unpaired) electrons. The number of hydrogen-bond donors (Lipinski definition) is 0. The topological polar surface area (TPSA) is 58.4 Å². The van der Waals surface area contributed by atoms with Gasteiger partial charge in [0.2, 0.25) is 6.79 Å². The molecule has 1 aromatic carbocycles. The Bertz CT molecular complexity index is 640. The fourth-order valence-electron chi connectivity index (χ4n) is 2.36. The van der Waals surface area contributed by atoms with Crippen molar-refractivity contribution in [3.05, 3.63) is 24.0 Å². The molecule has 0 saturated heterocycles. The van der Waals surface area contributed by atoms with E-state index >= 15 is 0 Å². The van der Waals surface area contributed by atoms with Crippen LogP contribution in [0.2, 0.25) is 0 Å². The van der Waals surface area contributed by atoms with E-state index in [0.29, 0.717) is 19.0 Å². The minimum atomic E-state index is 0.275. The van der Waals surface area contributed by atoms with E-state index in [1.807, 2.05) is 29.8 Å². The summed E-state index contributed by atoms with van der Waals surface area (Å²) in [6.07, 6.45) is 2.18. The summed E-state index contributed by atoms with van der Waals surface area (Å²) in [7, 11) is 0. The van der Waals surface area contributed by atoms with Gasteiger partial charge in [0.05, 0.1) is 0 Å². The number of rotatable bonds is 7. The summed E-state index contributed by atoms with van der Waals surface area (Å²) in [4.78, 5) is 4.63. The lowest BCUT2D eigenvalue weighted by molar-refractivity contribution is 0.128. The molecule has 0 spiro atoms. The standard InChI is InChI=1S/C16H21N3O3/c1-3-5-8-19-16(17-15(18-19)10-20-4-2)12-6-7-13-14(9-12)22-11-21-13/h6-7,9H,3-5,8,10-11H2,1-2H3. The minimum Gasteiger partial charge on any atom is -0.454 e. The van der Waals surface area contributed by atoms with Gasteiger partial charge in [-0.3, -0.25) is 0 Å². The Kier molecular flexibility index (Phi) is 4.58. The Morgan fingerprint density at radius 2 is 2.09 bits per heavy atom. The van der Waals surface area contributed by atoms with Crippen LogP contribution < -0.4 is 9.47 Å². The molecule has 2 aromatic rings. The van der Waals surface area contributed by atoms with Crippen LogP contribution in [0.25, 0.3) is 11.4 Å². The molecule has 1 aromatic heterocycles. The first-order valence-corrected chi connectivity index (χ1v) is 7.73. The molecule has 6 nitrogen and oxygen atoms in total. The van der Waals surface area contributed by atoms with Crippen LogP contribution in [0.4, 0.5) is 0 Å². The van der Waals surface area contributed by atoms with Crippen LogP contribution in [0.5, 0.6) is 11.5 Å². The Morgan fingerprint density at radius 3 is 2.91 bits per heavy atom. The number of aryl methyl sites for hydroxylation is 1. The fourth-order valence-corrected chi connectivity index (χ4v) is 2.36. The first kappa shape index (κ1) is 14.8. The van der Waals surface area contributed by atoms with E-state index < -0.39 is 0 Å². The summed E-state index contributed by atoms with van der Waals surface area (Å²) in [6, 6.07) is 5.86. The second kappa shape index (κ2) is 6.79. The number of ether oxygens (including phenoxy) is 3. The van der Waals surface area contributed by atoms with Crippen molar-refractivity contribution < 1.29 is 14.2 Å². The van der Waals surface area contributed by atoms with Crippen molar-refractivity contribution in [3.63, 3.8) is 0 Å². The summed E-state index contributed by atoms with van der Waals surface area (Å²) >= 11 is 0. The van der Waals surface area contributed by atoms with Crippen molar-refractivity contribution in [1.82, 2.24) is 14.8 Å². The molecule has 0 bridgehead atoms. The van der Waals surface area contributed by atoms with Crippen molar-refractivity contribution >= 4 is 0 Å². The van der Waals surface area contributed by atoms with Crippen molar-refractivity contribution in [2.45, 2.75) is 39.8 Å². The summed E-state index contributed by atoms with van der Waals surface area (Å²) in [5, 5.41) is 4.56. The Hall–Kier alpha value is -2.08. The highest BCUT2D eigenvalue weighted by atomic mass is 16.7. The first-order valence-electron chi connectivity index (χ1n) is 7.73. The molecule has 3 rings (SSSR count). The molecule has 0 unspecified atom stereocenters. The van der Waals surface area contributed by atoms with Crippen molar-refractivity contribution in [1.29, 1.82) is 0 Å². The fraction of sp³-hybridized carbons (Fsp3) is 0.500. The number of nitrogens with zero attached hydrogens (tertiary/aromatic N) is 3. The number of fused-ring (bicyclic) bond motifs is 1. The highest BCUT2D eigenvalue weighted by Crippen LogP contribution is 2.35. The SMILES string of the molecule is CCCCn1nc(COCC)nc1-c1ccc2c(c1)OCO2. The van der Waals surface area contributed by atoms with Gasteiger partial charge in [-0.1, -0.05) is 13.3 Å². The first-order chi connectivity index (χ1) is 10.8. The van der Waals surface area contributed by atoms with Crippen LogP contribution in [-0.2, 0) is 17.9 Å². The molecular formula is C16H21N3O3. The molecule has 0 N–H and O–H groups in total. The lowest BCUT2D eigenvalue weighted by Gasteiger charge is -2.05. The summed E-state index contributed by atoms with van der Waals surface area (Å²) in [5.41, 5.74) is 0.982. The molecule has 0 amide bonds. The van der Waals surface area contributed by atoms with Gasteiger partial charge in [-0.15, -0.1) is 0 Å². The van der Waals surface area contributed by atoms with E-state index in [1.165, 1.54) is 0 Å². The maximum Gasteiger partial charge on any atom is 0.231 e. The molecule has 6 heteroatoms. The predicted octanol–water partition coefficient (Wildman–Crippen LogP) is 3.01. The van der Waals surface area contributed by atoms with Crippen LogP contribution in [0.1, 0.15) is 32.5 Å². The molecule has 0 saturated carbocycles. The molecule has 0 fully saturated rings. The molecule has 0 aliphatic carbocycles. The Labute approximate surface area is 130 Å². The summed E-state index contributed by atoms with van der Waals surface area (Å²) < 4.78 is 18.2. The van der Waals surface area contributed by atoms with Gasteiger partial charge in [0.25, 0.3) is 0 Å². The summed E-state index contributed by atoms with van der Waals surface area (Å²) in [5.74, 6) is 3.10. The van der Waals surface area contributed by atoms with Gasteiger partial charge >= 0.3 is 0 Å². The maximum absolute atomic E-state index is 5.45. The quantitative estimate of drug-likeness (QED) is 0.787. The van der Waals surface area contributed by atoms with Crippen LogP contribution in [0.15, 0.2) is 18.2 Å². The van der Waals surface area contributed by atoms with Gasteiger partial charge in [-0.2, -0.15) is 5.10 Å². The Morgan fingerprint density at radius 1 is 1.23 bits per heavy atom. The van der Waals surface area contributed by atoms with Crippen LogP contribution in [-0.4, -0.2) is 28.2 Å².